The van der Waals surface area contributed by atoms with Crippen LogP contribution in [0.1, 0.15) is 24.0 Å². The van der Waals surface area contributed by atoms with E-state index in [4.69, 9.17) is 22.1 Å². The highest BCUT2D eigenvalue weighted by Crippen LogP contribution is 2.38. The lowest BCUT2D eigenvalue weighted by atomic mass is 10.0. The van der Waals surface area contributed by atoms with Gasteiger partial charge >= 0.3 is 0 Å². The van der Waals surface area contributed by atoms with Crippen LogP contribution in [0.4, 0.5) is 4.39 Å². The maximum absolute atomic E-state index is 14.2. The quantitative estimate of drug-likeness (QED) is 0.903. The maximum atomic E-state index is 14.2. The van der Waals surface area contributed by atoms with Crippen molar-refractivity contribution >= 4 is 11.6 Å². The Bertz CT molecular complexity index is 617. The molecule has 4 heteroatoms. The molecule has 21 heavy (non-hydrogen) atoms. The Morgan fingerprint density at radius 1 is 1.14 bits per heavy atom. The number of halogens is 2. The highest BCUT2D eigenvalue weighted by Gasteiger charge is 2.38. The van der Waals surface area contributed by atoms with Crippen LogP contribution in [-0.4, -0.2) is 5.54 Å². The lowest BCUT2D eigenvalue weighted by Gasteiger charge is -2.13. The molecule has 0 bridgehead atoms. The fourth-order valence-electron chi connectivity index (χ4n) is 2.33. The fourth-order valence-corrected chi connectivity index (χ4v) is 2.61. The second kappa shape index (κ2) is 5.66. The molecule has 2 aromatic carbocycles. The first-order chi connectivity index (χ1) is 10.1. The van der Waals surface area contributed by atoms with Gasteiger partial charge in [0.05, 0.1) is 5.02 Å². The van der Waals surface area contributed by atoms with Gasteiger partial charge in [0.15, 0.2) is 11.6 Å². The largest absolute Gasteiger partial charge is 0.484 e. The van der Waals surface area contributed by atoms with Crippen molar-refractivity contribution in [2.24, 2.45) is 5.73 Å². The van der Waals surface area contributed by atoms with Crippen LogP contribution in [0.25, 0.3) is 0 Å². The van der Waals surface area contributed by atoms with E-state index in [9.17, 15) is 4.39 Å². The third-order valence-electron chi connectivity index (χ3n) is 3.73. The van der Waals surface area contributed by atoms with E-state index < -0.39 is 5.82 Å². The summed E-state index contributed by atoms with van der Waals surface area (Å²) >= 11 is 6.14. The summed E-state index contributed by atoms with van der Waals surface area (Å²) in [5, 5.41) is 0.296. The van der Waals surface area contributed by atoms with Crippen molar-refractivity contribution < 1.29 is 9.13 Å². The third-order valence-corrected chi connectivity index (χ3v) is 4.01. The van der Waals surface area contributed by atoms with Crippen molar-refractivity contribution in [3.8, 4) is 5.75 Å². The Labute approximate surface area is 128 Å². The SMILES string of the molecule is NC1(Cc2cc(F)c(OCc3ccccc3)c(Cl)c2)CC1. The molecular formula is C17H17ClFNO. The highest BCUT2D eigenvalue weighted by molar-refractivity contribution is 6.32. The number of hydrogen-bond donors (Lipinski definition) is 1. The molecule has 1 saturated carbocycles. The standard InChI is InChI=1S/C17H17ClFNO/c18-14-8-13(10-17(20)6-7-17)9-15(19)16(14)21-11-12-4-2-1-3-5-12/h1-5,8-9H,6-7,10-11,20H2. The van der Waals surface area contributed by atoms with E-state index >= 15 is 0 Å². The van der Waals surface area contributed by atoms with Gasteiger partial charge in [-0.25, -0.2) is 4.39 Å². The van der Waals surface area contributed by atoms with E-state index in [1.165, 1.54) is 6.07 Å². The summed E-state index contributed by atoms with van der Waals surface area (Å²) in [5.74, 6) is -0.330. The second-order valence-corrected chi connectivity index (χ2v) is 6.11. The van der Waals surface area contributed by atoms with Gasteiger partial charge in [-0.3, -0.25) is 0 Å². The third kappa shape index (κ3) is 3.55. The molecular weight excluding hydrogens is 289 g/mol. The van der Waals surface area contributed by atoms with Crippen molar-refractivity contribution in [1.82, 2.24) is 0 Å². The van der Waals surface area contributed by atoms with Crippen molar-refractivity contribution in [2.45, 2.75) is 31.4 Å². The van der Waals surface area contributed by atoms with Gasteiger partial charge in [0.1, 0.15) is 6.61 Å². The Kier molecular flexibility index (Phi) is 3.87. The van der Waals surface area contributed by atoms with Gasteiger partial charge in [0.25, 0.3) is 0 Å². The summed E-state index contributed by atoms with van der Waals surface area (Å²) in [4.78, 5) is 0. The lowest BCUT2D eigenvalue weighted by Crippen LogP contribution is -2.24. The summed E-state index contributed by atoms with van der Waals surface area (Å²) < 4.78 is 19.7. The molecule has 0 heterocycles. The Hall–Kier alpha value is -1.58. The maximum Gasteiger partial charge on any atom is 0.174 e. The molecule has 2 aromatic rings. The minimum atomic E-state index is -0.433. The highest BCUT2D eigenvalue weighted by atomic mass is 35.5. The van der Waals surface area contributed by atoms with Gasteiger partial charge in [0, 0.05) is 5.54 Å². The molecule has 1 aliphatic rings. The van der Waals surface area contributed by atoms with Crippen LogP contribution in [0.2, 0.25) is 5.02 Å². The molecule has 0 unspecified atom stereocenters. The fraction of sp³-hybridized carbons (Fsp3) is 0.294. The topological polar surface area (TPSA) is 35.2 Å². The van der Waals surface area contributed by atoms with Crippen LogP contribution < -0.4 is 10.5 Å². The van der Waals surface area contributed by atoms with E-state index in [1.54, 1.807) is 6.07 Å². The zero-order chi connectivity index (χ0) is 14.9. The lowest BCUT2D eigenvalue weighted by molar-refractivity contribution is 0.290. The number of ether oxygens (including phenoxy) is 1. The Morgan fingerprint density at radius 3 is 2.48 bits per heavy atom. The number of nitrogens with two attached hydrogens (primary N) is 1. The van der Waals surface area contributed by atoms with E-state index in [-0.39, 0.29) is 17.9 Å². The summed E-state index contributed by atoms with van der Waals surface area (Å²) in [6.07, 6.45) is 2.62. The van der Waals surface area contributed by atoms with Gasteiger partial charge in [-0.15, -0.1) is 0 Å². The molecule has 0 spiro atoms. The summed E-state index contributed by atoms with van der Waals surface area (Å²) in [5.41, 5.74) is 7.68. The second-order valence-electron chi connectivity index (χ2n) is 5.70. The first kappa shape index (κ1) is 14.4. The van der Waals surface area contributed by atoms with E-state index in [2.05, 4.69) is 0 Å². The van der Waals surface area contributed by atoms with E-state index in [0.29, 0.717) is 11.4 Å². The van der Waals surface area contributed by atoms with Crippen LogP contribution in [0, 0.1) is 5.82 Å². The minimum Gasteiger partial charge on any atom is -0.484 e. The van der Waals surface area contributed by atoms with E-state index in [0.717, 1.165) is 24.0 Å². The molecule has 1 fully saturated rings. The molecule has 2 nitrogen and oxygen atoms in total. The van der Waals surface area contributed by atoms with Gasteiger partial charge in [-0.1, -0.05) is 41.9 Å². The molecule has 0 radical (unpaired) electrons. The normalized spacial score (nSPS) is 15.8. The molecule has 110 valence electrons. The zero-order valence-electron chi connectivity index (χ0n) is 11.6. The van der Waals surface area contributed by atoms with Crippen molar-refractivity contribution in [1.29, 1.82) is 0 Å². The number of rotatable bonds is 5. The molecule has 0 aromatic heterocycles. The molecule has 0 atom stereocenters. The molecule has 0 amide bonds. The number of hydrogen-bond acceptors (Lipinski definition) is 2. The molecule has 0 aliphatic heterocycles. The van der Waals surface area contributed by atoms with Crippen LogP contribution >= 0.6 is 11.6 Å². The molecule has 1 aliphatic carbocycles. The predicted octanol–water partition coefficient (Wildman–Crippen LogP) is 4.09. The molecule has 2 N–H and O–H groups in total. The summed E-state index contributed by atoms with van der Waals surface area (Å²) in [6, 6.07) is 12.8. The Balaban J connectivity index is 1.73. The van der Waals surface area contributed by atoms with Gasteiger partial charge in [-0.05, 0) is 42.5 Å². The van der Waals surface area contributed by atoms with Gasteiger partial charge in [-0.2, -0.15) is 0 Å². The van der Waals surface area contributed by atoms with Gasteiger partial charge in [0.2, 0.25) is 0 Å². The molecule has 0 saturated heterocycles. The number of benzene rings is 2. The van der Waals surface area contributed by atoms with Crippen LogP contribution in [-0.2, 0) is 13.0 Å². The zero-order valence-corrected chi connectivity index (χ0v) is 12.4. The monoisotopic (exact) mass is 305 g/mol. The minimum absolute atomic E-state index is 0.103. The first-order valence-corrected chi connectivity index (χ1v) is 7.37. The summed E-state index contributed by atoms with van der Waals surface area (Å²) in [6.45, 7) is 0.289. The Morgan fingerprint density at radius 2 is 1.86 bits per heavy atom. The molecule has 3 rings (SSSR count). The average molecular weight is 306 g/mol. The van der Waals surface area contributed by atoms with Crippen molar-refractivity contribution in [3.63, 3.8) is 0 Å². The van der Waals surface area contributed by atoms with Crippen LogP contribution in [0.15, 0.2) is 42.5 Å². The van der Waals surface area contributed by atoms with Crippen molar-refractivity contribution in [3.05, 3.63) is 64.4 Å². The van der Waals surface area contributed by atoms with Crippen LogP contribution in [0.5, 0.6) is 5.75 Å². The first-order valence-electron chi connectivity index (χ1n) is 6.99. The van der Waals surface area contributed by atoms with E-state index in [1.807, 2.05) is 30.3 Å². The van der Waals surface area contributed by atoms with Crippen molar-refractivity contribution in [2.75, 3.05) is 0 Å². The van der Waals surface area contributed by atoms with Crippen LogP contribution in [0.3, 0.4) is 0 Å². The predicted molar refractivity (Wildman–Crippen MR) is 82.0 cm³/mol. The van der Waals surface area contributed by atoms with Gasteiger partial charge < -0.3 is 10.5 Å². The smallest absolute Gasteiger partial charge is 0.174 e. The average Bonchev–Trinajstić information content (AvgIpc) is 3.16. The summed E-state index contributed by atoms with van der Waals surface area (Å²) in [7, 11) is 0.